The van der Waals surface area contributed by atoms with E-state index in [0.717, 1.165) is 32.2 Å². The number of halogens is 1. The Morgan fingerprint density at radius 2 is 1.78 bits per heavy atom. The van der Waals surface area contributed by atoms with Crippen molar-refractivity contribution in [3.8, 4) is 0 Å². The van der Waals surface area contributed by atoms with E-state index in [9.17, 15) is 5.11 Å². The van der Waals surface area contributed by atoms with Gasteiger partial charge in [0.05, 0.1) is 0 Å². The second-order valence-electron chi connectivity index (χ2n) is 5.81. The highest BCUT2D eigenvalue weighted by molar-refractivity contribution is 14.1. The third-order valence-electron chi connectivity index (χ3n) is 4.34. The summed E-state index contributed by atoms with van der Waals surface area (Å²) in [5.41, 5.74) is 3.15. The molecule has 1 unspecified atom stereocenters. The molecule has 0 fully saturated rings. The van der Waals surface area contributed by atoms with E-state index >= 15 is 0 Å². The highest BCUT2D eigenvalue weighted by atomic mass is 127. The summed E-state index contributed by atoms with van der Waals surface area (Å²) >= 11 is 2.31. The molecule has 0 aliphatic heterocycles. The molecule has 23 heavy (non-hydrogen) atoms. The minimum Gasteiger partial charge on any atom is -0.382 e. The van der Waals surface area contributed by atoms with Gasteiger partial charge in [0.25, 0.3) is 0 Å². The fourth-order valence-corrected chi connectivity index (χ4v) is 3.71. The van der Waals surface area contributed by atoms with Crippen molar-refractivity contribution in [3.05, 3.63) is 68.3 Å². The van der Waals surface area contributed by atoms with Crippen LogP contribution >= 0.6 is 22.6 Å². The van der Waals surface area contributed by atoms with Crippen LogP contribution in [0.15, 0.2) is 42.5 Å². The average Bonchev–Trinajstić information content (AvgIpc) is 2.68. The van der Waals surface area contributed by atoms with Crippen molar-refractivity contribution in [1.82, 2.24) is 0 Å². The van der Waals surface area contributed by atoms with Crippen molar-refractivity contribution in [2.75, 3.05) is 13.2 Å². The molecule has 0 heterocycles. The van der Waals surface area contributed by atoms with Crippen LogP contribution in [-0.2, 0) is 10.3 Å². The van der Waals surface area contributed by atoms with Gasteiger partial charge in [-0.05, 0) is 76.7 Å². The van der Waals surface area contributed by atoms with Crippen molar-refractivity contribution in [2.45, 2.75) is 25.4 Å². The Balaban J connectivity index is 2.08. The zero-order valence-electron chi connectivity index (χ0n) is 13.3. The number of fused-ring (bicyclic) bond motifs is 2. The minimum absolute atomic E-state index is 0.652. The van der Waals surface area contributed by atoms with Gasteiger partial charge in [-0.2, -0.15) is 0 Å². The topological polar surface area (TPSA) is 29.5 Å². The van der Waals surface area contributed by atoms with Gasteiger partial charge in [0.1, 0.15) is 5.60 Å². The van der Waals surface area contributed by atoms with E-state index in [2.05, 4.69) is 59.0 Å². The summed E-state index contributed by atoms with van der Waals surface area (Å²) < 4.78 is 6.61. The summed E-state index contributed by atoms with van der Waals surface area (Å²) in [6.45, 7) is 3.38. The Labute approximate surface area is 151 Å². The first kappa shape index (κ1) is 16.7. The Morgan fingerprint density at radius 1 is 1.04 bits per heavy atom. The molecule has 0 radical (unpaired) electrons. The third kappa shape index (κ3) is 3.37. The van der Waals surface area contributed by atoms with E-state index in [0.29, 0.717) is 19.6 Å². The van der Waals surface area contributed by atoms with E-state index in [-0.39, 0.29) is 0 Å². The highest BCUT2D eigenvalue weighted by Crippen LogP contribution is 2.41. The van der Waals surface area contributed by atoms with Crippen LogP contribution in [0.25, 0.3) is 12.2 Å². The molecule has 1 atom stereocenters. The molecule has 1 N–H and O–H groups in total. The van der Waals surface area contributed by atoms with Crippen LogP contribution < -0.4 is 0 Å². The van der Waals surface area contributed by atoms with E-state index in [1.165, 1.54) is 0 Å². The van der Waals surface area contributed by atoms with Gasteiger partial charge in [0.2, 0.25) is 0 Å². The SMILES string of the molecule is CCOCCCC1(O)c2ccccc2C=Cc2ccc(I)cc21. The van der Waals surface area contributed by atoms with Crippen LogP contribution in [0.2, 0.25) is 0 Å². The Hall–Kier alpha value is -1.17. The predicted molar refractivity (Wildman–Crippen MR) is 103 cm³/mol. The fraction of sp³-hybridized carbons (Fsp3) is 0.300. The first-order valence-corrected chi connectivity index (χ1v) is 9.11. The highest BCUT2D eigenvalue weighted by Gasteiger charge is 2.35. The summed E-state index contributed by atoms with van der Waals surface area (Å²) in [5, 5.41) is 11.7. The summed E-state index contributed by atoms with van der Waals surface area (Å²) in [6, 6.07) is 14.4. The van der Waals surface area contributed by atoms with E-state index in [1.807, 2.05) is 25.1 Å². The molecule has 2 nitrogen and oxygen atoms in total. The Kier molecular flexibility index (Phi) is 5.19. The molecule has 0 saturated carbocycles. The van der Waals surface area contributed by atoms with Gasteiger partial charge in [0.15, 0.2) is 0 Å². The van der Waals surface area contributed by atoms with Gasteiger partial charge < -0.3 is 9.84 Å². The molecule has 3 heteroatoms. The van der Waals surface area contributed by atoms with Crippen LogP contribution in [0.3, 0.4) is 0 Å². The quantitative estimate of drug-likeness (QED) is 0.555. The lowest BCUT2D eigenvalue weighted by molar-refractivity contribution is 0.0533. The molecule has 0 aromatic heterocycles. The second kappa shape index (κ2) is 7.16. The predicted octanol–water partition coefficient (Wildman–Crippen LogP) is 4.83. The average molecular weight is 420 g/mol. The zero-order valence-corrected chi connectivity index (χ0v) is 15.4. The summed E-state index contributed by atoms with van der Waals surface area (Å²) in [6.07, 6.45) is 5.68. The third-order valence-corrected chi connectivity index (χ3v) is 5.01. The summed E-state index contributed by atoms with van der Waals surface area (Å²) in [4.78, 5) is 0. The van der Waals surface area contributed by atoms with Gasteiger partial charge >= 0.3 is 0 Å². The van der Waals surface area contributed by atoms with Crippen molar-refractivity contribution >= 4 is 34.7 Å². The Bertz CT molecular complexity index is 723. The van der Waals surface area contributed by atoms with Crippen LogP contribution in [-0.4, -0.2) is 18.3 Å². The molecule has 1 aliphatic rings. The lowest BCUT2D eigenvalue weighted by atomic mass is 9.80. The molecule has 0 bridgehead atoms. The number of ether oxygens (including phenoxy) is 1. The van der Waals surface area contributed by atoms with Crippen molar-refractivity contribution in [3.63, 3.8) is 0 Å². The smallest absolute Gasteiger partial charge is 0.116 e. The van der Waals surface area contributed by atoms with Gasteiger partial charge in [-0.3, -0.25) is 0 Å². The maximum absolute atomic E-state index is 11.7. The maximum Gasteiger partial charge on any atom is 0.116 e. The summed E-state index contributed by atoms with van der Waals surface area (Å²) in [5.74, 6) is 0. The summed E-state index contributed by atoms with van der Waals surface area (Å²) in [7, 11) is 0. The van der Waals surface area contributed by atoms with E-state index < -0.39 is 5.60 Å². The van der Waals surface area contributed by atoms with Crippen LogP contribution in [0.1, 0.15) is 42.0 Å². The number of hydrogen-bond acceptors (Lipinski definition) is 2. The van der Waals surface area contributed by atoms with Gasteiger partial charge in [-0.15, -0.1) is 0 Å². The number of benzene rings is 2. The number of aliphatic hydroxyl groups is 1. The normalized spacial score (nSPS) is 19.1. The maximum atomic E-state index is 11.7. The lowest BCUT2D eigenvalue weighted by Gasteiger charge is -2.31. The van der Waals surface area contributed by atoms with Crippen molar-refractivity contribution in [2.24, 2.45) is 0 Å². The number of rotatable bonds is 5. The van der Waals surface area contributed by atoms with Crippen LogP contribution in [0, 0.1) is 3.57 Å². The lowest BCUT2D eigenvalue weighted by Crippen LogP contribution is -2.29. The molecular formula is C20H21IO2. The first-order valence-electron chi connectivity index (χ1n) is 8.03. The minimum atomic E-state index is -0.978. The standard InChI is InChI=1S/C20H21IO2/c1-2-23-13-5-12-20(22)18-7-4-3-6-15(18)8-9-16-10-11-17(21)14-19(16)20/h3-4,6-11,14,22H,2,5,12-13H2,1H3. The second-order valence-corrected chi connectivity index (χ2v) is 7.06. The number of hydrogen-bond donors (Lipinski definition) is 1. The van der Waals surface area contributed by atoms with Gasteiger partial charge in [-0.1, -0.05) is 42.5 Å². The van der Waals surface area contributed by atoms with E-state index in [1.54, 1.807) is 0 Å². The van der Waals surface area contributed by atoms with Crippen molar-refractivity contribution < 1.29 is 9.84 Å². The molecule has 1 aliphatic carbocycles. The molecule has 2 aromatic rings. The monoisotopic (exact) mass is 420 g/mol. The van der Waals surface area contributed by atoms with Crippen LogP contribution in [0.4, 0.5) is 0 Å². The van der Waals surface area contributed by atoms with Gasteiger partial charge in [-0.25, -0.2) is 0 Å². The fourth-order valence-electron chi connectivity index (χ4n) is 3.22. The van der Waals surface area contributed by atoms with Gasteiger partial charge in [0, 0.05) is 16.8 Å². The molecule has 0 spiro atoms. The van der Waals surface area contributed by atoms with E-state index in [4.69, 9.17) is 4.74 Å². The van der Waals surface area contributed by atoms with Crippen LogP contribution in [0.5, 0.6) is 0 Å². The molecular weight excluding hydrogens is 399 g/mol. The largest absolute Gasteiger partial charge is 0.382 e. The first-order chi connectivity index (χ1) is 11.1. The molecule has 0 amide bonds. The zero-order chi connectivity index (χ0) is 16.3. The molecule has 3 rings (SSSR count). The molecule has 120 valence electrons. The molecule has 2 aromatic carbocycles. The molecule has 0 saturated heterocycles. The Morgan fingerprint density at radius 3 is 2.57 bits per heavy atom. The van der Waals surface area contributed by atoms with Crippen molar-refractivity contribution in [1.29, 1.82) is 0 Å².